The lowest BCUT2D eigenvalue weighted by Gasteiger charge is -2.22. The molecule has 98 valence electrons. The largest absolute Gasteiger partial charge is 0.337 e. The van der Waals surface area contributed by atoms with E-state index in [1.165, 1.54) is 5.56 Å². The molecule has 1 aliphatic carbocycles. The zero-order chi connectivity index (χ0) is 13.2. The van der Waals surface area contributed by atoms with Crippen LogP contribution in [0.3, 0.4) is 0 Å². The Balaban J connectivity index is 1.89. The first-order chi connectivity index (χ1) is 8.41. The van der Waals surface area contributed by atoms with Crippen LogP contribution in [0.4, 0.5) is 4.79 Å². The van der Waals surface area contributed by atoms with Crippen LogP contribution in [0, 0.1) is 0 Å². The molecular weight excluding hydrogens is 224 g/mol. The summed E-state index contributed by atoms with van der Waals surface area (Å²) >= 11 is 0. The molecule has 0 bridgehead atoms. The molecule has 0 aromatic heterocycles. The Hall–Kier alpha value is -1.51. The summed E-state index contributed by atoms with van der Waals surface area (Å²) in [5.74, 6) is 0. The molecule has 0 aliphatic heterocycles. The molecule has 0 unspecified atom stereocenters. The van der Waals surface area contributed by atoms with Crippen LogP contribution in [0.15, 0.2) is 30.3 Å². The van der Waals surface area contributed by atoms with Crippen LogP contribution in [-0.4, -0.2) is 18.1 Å². The molecule has 1 saturated carbocycles. The molecule has 0 radical (unpaired) electrons. The van der Waals surface area contributed by atoms with Crippen molar-refractivity contribution in [2.45, 2.75) is 44.6 Å². The number of carbonyl (C=O) groups is 1. The average Bonchev–Trinajstić information content (AvgIpc) is 3.06. The molecule has 1 aromatic carbocycles. The minimum Gasteiger partial charge on any atom is -0.337 e. The normalized spacial score (nSPS) is 17.1. The second kappa shape index (κ2) is 4.63. The SMILES string of the molecule is CC(C)(C)NC(=O)NCC1(c2ccccc2)CC1. The van der Waals surface area contributed by atoms with Crippen molar-refractivity contribution in [3.05, 3.63) is 35.9 Å². The minimum atomic E-state index is -0.187. The number of benzene rings is 1. The van der Waals surface area contributed by atoms with Crippen LogP contribution in [-0.2, 0) is 5.41 Å². The standard InChI is InChI=1S/C15H22N2O/c1-14(2,3)17-13(18)16-11-15(9-10-15)12-7-5-4-6-8-12/h4-8H,9-11H2,1-3H3,(H2,16,17,18). The van der Waals surface area contributed by atoms with Gasteiger partial charge in [-0.3, -0.25) is 0 Å². The third-order valence-corrected chi connectivity index (χ3v) is 3.32. The van der Waals surface area contributed by atoms with Gasteiger partial charge < -0.3 is 10.6 Å². The monoisotopic (exact) mass is 246 g/mol. The number of rotatable bonds is 3. The van der Waals surface area contributed by atoms with E-state index in [9.17, 15) is 4.79 Å². The first kappa shape index (κ1) is 12.9. The van der Waals surface area contributed by atoms with Crippen LogP contribution in [0.5, 0.6) is 0 Å². The van der Waals surface area contributed by atoms with Gasteiger partial charge in [0.1, 0.15) is 0 Å². The average molecular weight is 246 g/mol. The van der Waals surface area contributed by atoms with E-state index in [2.05, 4.69) is 34.9 Å². The number of amides is 2. The highest BCUT2D eigenvalue weighted by atomic mass is 16.2. The fraction of sp³-hybridized carbons (Fsp3) is 0.533. The second-order valence-electron chi connectivity index (χ2n) is 6.20. The number of nitrogens with one attached hydrogen (secondary N) is 2. The molecule has 2 N–H and O–H groups in total. The van der Waals surface area contributed by atoms with Gasteiger partial charge in [-0.1, -0.05) is 30.3 Å². The lowest BCUT2D eigenvalue weighted by atomic mass is 9.96. The van der Waals surface area contributed by atoms with Crippen LogP contribution >= 0.6 is 0 Å². The Labute approximate surface area is 109 Å². The van der Waals surface area contributed by atoms with E-state index in [1.54, 1.807) is 0 Å². The summed E-state index contributed by atoms with van der Waals surface area (Å²) < 4.78 is 0. The van der Waals surface area contributed by atoms with Crippen molar-refractivity contribution in [1.29, 1.82) is 0 Å². The summed E-state index contributed by atoms with van der Waals surface area (Å²) in [5.41, 5.74) is 1.32. The molecule has 0 saturated heterocycles. The first-order valence-electron chi connectivity index (χ1n) is 6.53. The Morgan fingerprint density at radius 2 is 1.83 bits per heavy atom. The Morgan fingerprint density at radius 3 is 2.33 bits per heavy atom. The van der Waals surface area contributed by atoms with E-state index < -0.39 is 0 Å². The van der Waals surface area contributed by atoms with E-state index in [0.29, 0.717) is 0 Å². The maximum atomic E-state index is 11.7. The quantitative estimate of drug-likeness (QED) is 0.846. The maximum absolute atomic E-state index is 11.7. The van der Waals surface area contributed by atoms with Gasteiger partial charge in [-0.15, -0.1) is 0 Å². The van der Waals surface area contributed by atoms with E-state index >= 15 is 0 Å². The summed E-state index contributed by atoms with van der Waals surface area (Å²) in [6.45, 7) is 6.67. The number of urea groups is 1. The van der Waals surface area contributed by atoms with Gasteiger partial charge in [-0.05, 0) is 39.2 Å². The molecule has 1 fully saturated rings. The second-order valence-corrected chi connectivity index (χ2v) is 6.20. The molecule has 2 amide bonds. The van der Waals surface area contributed by atoms with Gasteiger partial charge in [-0.25, -0.2) is 4.79 Å². The van der Waals surface area contributed by atoms with E-state index in [0.717, 1.165) is 19.4 Å². The van der Waals surface area contributed by atoms with Gasteiger partial charge in [0.2, 0.25) is 0 Å². The summed E-state index contributed by atoms with van der Waals surface area (Å²) in [6, 6.07) is 10.4. The van der Waals surface area contributed by atoms with Crippen LogP contribution in [0.25, 0.3) is 0 Å². The summed E-state index contributed by atoms with van der Waals surface area (Å²) in [6.07, 6.45) is 2.32. The van der Waals surface area contributed by atoms with Crippen molar-refractivity contribution in [2.24, 2.45) is 0 Å². The van der Waals surface area contributed by atoms with Crippen molar-refractivity contribution in [2.75, 3.05) is 6.54 Å². The highest BCUT2D eigenvalue weighted by Gasteiger charge is 2.44. The van der Waals surface area contributed by atoms with Crippen molar-refractivity contribution >= 4 is 6.03 Å². The molecule has 18 heavy (non-hydrogen) atoms. The third kappa shape index (κ3) is 3.25. The highest BCUT2D eigenvalue weighted by molar-refractivity contribution is 5.74. The van der Waals surface area contributed by atoms with Crippen molar-refractivity contribution < 1.29 is 4.79 Å². The van der Waals surface area contributed by atoms with Gasteiger partial charge in [0.25, 0.3) is 0 Å². The predicted octanol–water partition coefficient (Wildman–Crippen LogP) is 2.82. The van der Waals surface area contributed by atoms with Crippen molar-refractivity contribution in [3.63, 3.8) is 0 Å². The Kier molecular flexibility index (Phi) is 3.33. The van der Waals surface area contributed by atoms with Crippen LogP contribution in [0.1, 0.15) is 39.2 Å². The fourth-order valence-corrected chi connectivity index (χ4v) is 2.14. The van der Waals surface area contributed by atoms with Crippen molar-refractivity contribution in [1.82, 2.24) is 10.6 Å². The van der Waals surface area contributed by atoms with Crippen LogP contribution < -0.4 is 10.6 Å². The molecule has 0 spiro atoms. The molecule has 2 rings (SSSR count). The van der Waals surface area contributed by atoms with E-state index in [-0.39, 0.29) is 17.0 Å². The smallest absolute Gasteiger partial charge is 0.315 e. The molecule has 0 atom stereocenters. The molecule has 1 aliphatic rings. The van der Waals surface area contributed by atoms with E-state index in [4.69, 9.17) is 0 Å². The summed E-state index contributed by atoms with van der Waals surface area (Å²) in [7, 11) is 0. The molecule has 0 heterocycles. The maximum Gasteiger partial charge on any atom is 0.315 e. The molecule has 3 nitrogen and oxygen atoms in total. The van der Waals surface area contributed by atoms with Crippen LogP contribution in [0.2, 0.25) is 0 Å². The fourth-order valence-electron chi connectivity index (χ4n) is 2.14. The molecule has 1 aromatic rings. The number of carbonyl (C=O) groups excluding carboxylic acids is 1. The van der Waals surface area contributed by atoms with Gasteiger partial charge in [-0.2, -0.15) is 0 Å². The van der Waals surface area contributed by atoms with Gasteiger partial charge in [0, 0.05) is 17.5 Å². The lowest BCUT2D eigenvalue weighted by molar-refractivity contribution is 0.231. The zero-order valence-electron chi connectivity index (χ0n) is 11.4. The Morgan fingerprint density at radius 1 is 1.22 bits per heavy atom. The third-order valence-electron chi connectivity index (χ3n) is 3.32. The summed E-state index contributed by atoms with van der Waals surface area (Å²) in [5, 5.41) is 5.91. The number of hydrogen-bond donors (Lipinski definition) is 2. The number of hydrogen-bond acceptors (Lipinski definition) is 1. The van der Waals surface area contributed by atoms with E-state index in [1.807, 2.05) is 26.8 Å². The zero-order valence-corrected chi connectivity index (χ0v) is 11.4. The minimum absolute atomic E-state index is 0.0790. The summed E-state index contributed by atoms with van der Waals surface area (Å²) in [4.78, 5) is 11.7. The predicted molar refractivity (Wildman–Crippen MR) is 73.6 cm³/mol. The van der Waals surface area contributed by atoms with Gasteiger partial charge in [0.15, 0.2) is 0 Å². The lowest BCUT2D eigenvalue weighted by Crippen LogP contribution is -2.48. The Bertz CT molecular complexity index is 416. The highest BCUT2D eigenvalue weighted by Crippen LogP contribution is 2.47. The van der Waals surface area contributed by atoms with Gasteiger partial charge >= 0.3 is 6.03 Å². The topological polar surface area (TPSA) is 41.1 Å². The molecule has 3 heteroatoms. The van der Waals surface area contributed by atoms with Crippen molar-refractivity contribution in [3.8, 4) is 0 Å². The first-order valence-corrected chi connectivity index (χ1v) is 6.53. The molecular formula is C15H22N2O. The van der Waals surface area contributed by atoms with Gasteiger partial charge in [0.05, 0.1) is 0 Å².